The van der Waals surface area contributed by atoms with Crippen molar-refractivity contribution in [3.8, 4) is 5.88 Å². The highest BCUT2D eigenvalue weighted by Gasteiger charge is 2.33. The topological polar surface area (TPSA) is 76.5 Å². The van der Waals surface area contributed by atoms with Crippen molar-refractivity contribution in [2.75, 3.05) is 12.4 Å². The van der Waals surface area contributed by atoms with E-state index in [1.54, 1.807) is 7.11 Å². The minimum Gasteiger partial charge on any atom is -0.474 e. The Labute approximate surface area is 153 Å². The monoisotopic (exact) mass is 355 g/mol. The summed E-state index contributed by atoms with van der Waals surface area (Å²) >= 11 is 0. The number of rotatable bonds is 5. The van der Waals surface area contributed by atoms with Crippen LogP contribution in [0.3, 0.4) is 0 Å². The van der Waals surface area contributed by atoms with Crippen molar-refractivity contribution in [2.24, 2.45) is 5.92 Å². The van der Waals surface area contributed by atoms with Crippen molar-refractivity contribution in [3.05, 3.63) is 47.8 Å². The molecular formula is C20H25N3O3. The molecule has 2 aliphatic carbocycles. The third-order valence-electron chi connectivity index (χ3n) is 5.51. The second-order valence-corrected chi connectivity index (χ2v) is 7.30. The van der Waals surface area contributed by atoms with E-state index in [0.717, 1.165) is 12.8 Å². The van der Waals surface area contributed by atoms with Gasteiger partial charge < -0.3 is 19.9 Å². The Morgan fingerprint density at radius 2 is 2.04 bits per heavy atom. The minimum absolute atomic E-state index is 0.00156. The number of nitrogens with zero attached hydrogens (tertiary/aromatic N) is 2. The number of hydrogen-bond donors (Lipinski definition) is 2. The molecule has 2 N–H and O–H groups in total. The minimum atomic E-state index is -0.295. The van der Waals surface area contributed by atoms with Gasteiger partial charge in [-0.3, -0.25) is 0 Å². The molecule has 138 valence electrons. The van der Waals surface area contributed by atoms with Gasteiger partial charge in [0.05, 0.1) is 18.2 Å². The van der Waals surface area contributed by atoms with Crippen LogP contribution in [0.4, 0.5) is 5.82 Å². The van der Waals surface area contributed by atoms with Gasteiger partial charge in [0.25, 0.3) is 0 Å². The molecule has 6 heteroatoms. The molecule has 6 nitrogen and oxygen atoms in total. The summed E-state index contributed by atoms with van der Waals surface area (Å²) in [5.74, 6) is 1.51. The van der Waals surface area contributed by atoms with Crippen molar-refractivity contribution in [1.29, 1.82) is 0 Å². The average Bonchev–Trinajstić information content (AvgIpc) is 3.15. The van der Waals surface area contributed by atoms with E-state index in [1.165, 1.54) is 17.5 Å². The fraction of sp³-hybridized carbons (Fsp3) is 0.500. The lowest BCUT2D eigenvalue weighted by atomic mass is 10.1. The van der Waals surface area contributed by atoms with Crippen LogP contribution < -0.4 is 10.1 Å². The first-order valence-corrected chi connectivity index (χ1v) is 9.18. The van der Waals surface area contributed by atoms with Crippen LogP contribution in [0.2, 0.25) is 0 Å². The number of benzene rings is 1. The third-order valence-corrected chi connectivity index (χ3v) is 5.51. The standard InChI is InChI=1S/C20H25N3O3/c1-12-7-14(9-16(12)24)26-19-10-18(21-11-22-19)23-20-15-6-4-3-5-13(15)8-17(20)25-2/h3-6,10-12,14,16-17,20,24H,7-9H2,1-2H3,(H,21,22,23)/t12-,14+,16-,17-,20+/m0/s1. The van der Waals surface area contributed by atoms with Crippen LogP contribution >= 0.6 is 0 Å². The van der Waals surface area contributed by atoms with Gasteiger partial charge in [-0.15, -0.1) is 0 Å². The molecule has 0 aliphatic heterocycles. The molecule has 5 atom stereocenters. The average molecular weight is 355 g/mol. The number of hydrogen-bond acceptors (Lipinski definition) is 6. The number of aromatic nitrogens is 2. The van der Waals surface area contributed by atoms with Gasteiger partial charge >= 0.3 is 0 Å². The summed E-state index contributed by atoms with van der Waals surface area (Å²) in [5, 5.41) is 13.4. The first-order valence-electron chi connectivity index (χ1n) is 9.18. The SMILES string of the molecule is CO[C@H]1Cc2ccccc2[C@H]1Nc1cc(O[C@@H]2C[C@H](C)[C@@H](O)C2)ncn1. The van der Waals surface area contributed by atoms with Gasteiger partial charge in [-0.1, -0.05) is 31.2 Å². The number of methoxy groups -OCH3 is 1. The summed E-state index contributed by atoms with van der Waals surface area (Å²) in [7, 11) is 1.74. The summed E-state index contributed by atoms with van der Waals surface area (Å²) in [6.07, 6.45) is 3.66. The normalized spacial score (nSPS) is 30.2. The lowest BCUT2D eigenvalue weighted by Crippen LogP contribution is -2.24. The van der Waals surface area contributed by atoms with Gasteiger partial charge in [-0.05, 0) is 23.5 Å². The molecule has 1 fully saturated rings. The van der Waals surface area contributed by atoms with E-state index in [0.29, 0.717) is 18.1 Å². The summed E-state index contributed by atoms with van der Waals surface area (Å²) in [6.45, 7) is 2.05. The quantitative estimate of drug-likeness (QED) is 0.859. The number of aliphatic hydroxyl groups is 1. The van der Waals surface area contributed by atoms with Gasteiger partial charge in [0, 0.05) is 26.0 Å². The van der Waals surface area contributed by atoms with E-state index in [-0.39, 0.29) is 30.3 Å². The van der Waals surface area contributed by atoms with Gasteiger partial charge in [0.1, 0.15) is 18.2 Å². The van der Waals surface area contributed by atoms with Crippen LogP contribution in [-0.4, -0.2) is 40.5 Å². The van der Waals surface area contributed by atoms with Crippen LogP contribution in [0.25, 0.3) is 0 Å². The molecule has 26 heavy (non-hydrogen) atoms. The molecule has 0 unspecified atom stereocenters. The predicted molar refractivity (Wildman–Crippen MR) is 98.2 cm³/mol. The van der Waals surface area contributed by atoms with Crippen molar-refractivity contribution in [3.63, 3.8) is 0 Å². The van der Waals surface area contributed by atoms with Crippen molar-refractivity contribution in [1.82, 2.24) is 9.97 Å². The Morgan fingerprint density at radius 1 is 1.19 bits per heavy atom. The lowest BCUT2D eigenvalue weighted by Gasteiger charge is -2.21. The van der Waals surface area contributed by atoms with E-state index in [2.05, 4.69) is 33.5 Å². The zero-order valence-corrected chi connectivity index (χ0v) is 15.1. The zero-order chi connectivity index (χ0) is 18.1. The van der Waals surface area contributed by atoms with Crippen molar-refractivity contribution >= 4 is 5.82 Å². The number of nitrogens with one attached hydrogen (secondary N) is 1. The van der Waals surface area contributed by atoms with Gasteiger partial charge in [0.2, 0.25) is 5.88 Å². The molecule has 0 spiro atoms. The lowest BCUT2D eigenvalue weighted by molar-refractivity contribution is 0.0959. The summed E-state index contributed by atoms with van der Waals surface area (Å²) < 4.78 is 11.6. The zero-order valence-electron chi connectivity index (χ0n) is 15.1. The maximum Gasteiger partial charge on any atom is 0.218 e. The molecule has 0 amide bonds. The molecular weight excluding hydrogens is 330 g/mol. The first kappa shape index (κ1) is 17.2. The molecule has 1 aromatic carbocycles. The number of fused-ring (bicyclic) bond motifs is 1. The van der Waals surface area contributed by atoms with E-state index in [4.69, 9.17) is 9.47 Å². The van der Waals surface area contributed by atoms with E-state index in [1.807, 2.05) is 19.1 Å². The smallest absolute Gasteiger partial charge is 0.218 e. The van der Waals surface area contributed by atoms with Crippen molar-refractivity contribution < 1.29 is 14.6 Å². The molecule has 4 rings (SSSR count). The van der Waals surface area contributed by atoms with E-state index >= 15 is 0 Å². The largest absolute Gasteiger partial charge is 0.474 e. The predicted octanol–water partition coefficient (Wildman–Crippen LogP) is 2.74. The maximum absolute atomic E-state index is 9.90. The molecule has 1 aromatic heterocycles. The highest BCUT2D eigenvalue weighted by Crippen LogP contribution is 2.36. The van der Waals surface area contributed by atoms with Crippen LogP contribution in [0, 0.1) is 5.92 Å². The highest BCUT2D eigenvalue weighted by atomic mass is 16.5. The molecule has 2 aromatic rings. The Hall–Kier alpha value is -2.18. The van der Waals surface area contributed by atoms with Gasteiger partial charge in [-0.2, -0.15) is 0 Å². The number of aliphatic hydroxyl groups excluding tert-OH is 1. The van der Waals surface area contributed by atoms with Crippen molar-refractivity contribution in [2.45, 2.75) is 50.5 Å². The summed E-state index contributed by atoms with van der Waals surface area (Å²) in [5.41, 5.74) is 2.55. The molecule has 2 aliphatic rings. The van der Waals surface area contributed by atoms with Gasteiger partial charge in [0.15, 0.2) is 0 Å². The molecule has 0 radical (unpaired) electrons. The summed E-state index contributed by atoms with van der Waals surface area (Å²) in [4.78, 5) is 8.57. The molecule has 0 saturated heterocycles. The molecule has 1 heterocycles. The second-order valence-electron chi connectivity index (χ2n) is 7.30. The molecule has 1 saturated carbocycles. The van der Waals surface area contributed by atoms with Crippen LogP contribution in [0.5, 0.6) is 5.88 Å². The number of anilines is 1. The van der Waals surface area contributed by atoms with E-state index in [9.17, 15) is 5.11 Å². The van der Waals surface area contributed by atoms with E-state index < -0.39 is 0 Å². The number of ether oxygens (including phenoxy) is 2. The summed E-state index contributed by atoms with van der Waals surface area (Å²) in [6, 6.07) is 10.3. The second kappa shape index (κ2) is 7.21. The molecule has 0 bridgehead atoms. The van der Waals surface area contributed by atoms with Crippen LogP contribution in [-0.2, 0) is 11.2 Å². The third kappa shape index (κ3) is 3.39. The Bertz CT molecular complexity index is 759. The highest BCUT2D eigenvalue weighted by molar-refractivity contribution is 5.46. The fourth-order valence-corrected chi connectivity index (χ4v) is 4.03. The van der Waals surface area contributed by atoms with Gasteiger partial charge in [-0.25, -0.2) is 9.97 Å². The Kier molecular flexibility index (Phi) is 4.78. The first-order chi connectivity index (χ1) is 12.6. The maximum atomic E-state index is 9.90. The fourth-order valence-electron chi connectivity index (χ4n) is 4.03. The van der Waals surface area contributed by atoms with Crippen LogP contribution in [0.15, 0.2) is 36.7 Å². The van der Waals surface area contributed by atoms with Crippen LogP contribution in [0.1, 0.15) is 36.9 Å². The Balaban J connectivity index is 1.49. The Morgan fingerprint density at radius 3 is 2.81 bits per heavy atom.